The predicted molar refractivity (Wildman–Crippen MR) is 138 cm³/mol. The molecule has 3 rings (SSSR count). The fraction of sp³-hybridized carbons (Fsp3) is 0.423. The molecule has 0 radical (unpaired) electrons. The third-order valence-corrected chi connectivity index (χ3v) is 5.44. The first-order chi connectivity index (χ1) is 16.8. The van der Waals surface area contributed by atoms with E-state index in [1.54, 1.807) is 39.3 Å². The average molecular weight is 506 g/mol. The summed E-state index contributed by atoms with van der Waals surface area (Å²) in [5, 5.41) is 3.72. The number of benzene rings is 2. The van der Waals surface area contributed by atoms with E-state index < -0.39 is 5.82 Å². The number of nitrogens with zero attached hydrogens (tertiary/aromatic N) is 2. The van der Waals surface area contributed by atoms with Crippen LogP contribution in [0, 0.1) is 5.82 Å². The molecule has 1 N–H and O–H groups in total. The van der Waals surface area contributed by atoms with E-state index >= 15 is 0 Å². The Kier molecular flexibility index (Phi) is 11.7. The van der Waals surface area contributed by atoms with Gasteiger partial charge in [0.2, 0.25) is 0 Å². The molecule has 7 nitrogen and oxygen atoms in total. The van der Waals surface area contributed by atoms with Crippen LogP contribution in [-0.2, 0) is 9.53 Å². The quantitative estimate of drug-likeness (QED) is 0.309. The third kappa shape index (κ3) is 8.33. The third-order valence-electron chi connectivity index (χ3n) is 5.14. The second kappa shape index (κ2) is 14.4. The average Bonchev–Trinajstić information content (AvgIpc) is 2.85. The molecular weight excluding hydrogens is 473 g/mol. The van der Waals surface area contributed by atoms with Crippen LogP contribution in [0.5, 0.6) is 11.5 Å². The van der Waals surface area contributed by atoms with E-state index in [1.165, 1.54) is 12.4 Å². The number of ether oxygens (including phenoxy) is 3. The van der Waals surface area contributed by atoms with Gasteiger partial charge in [0.05, 0.1) is 36.0 Å². The Balaban J connectivity index is 0.000000540. The molecule has 0 amide bonds. The van der Waals surface area contributed by atoms with E-state index in [9.17, 15) is 9.18 Å². The Labute approximate surface area is 211 Å². The van der Waals surface area contributed by atoms with Crippen LogP contribution >= 0.6 is 11.6 Å². The van der Waals surface area contributed by atoms with Crippen LogP contribution in [0.25, 0.3) is 10.9 Å². The highest BCUT2D eigenvalue weighted by molar-refractivity contribution is 6.31. The van der Waals surface area contributed by atoms with Gasteiger partial charge in [-0.25, -0.2) is 14.4 Å². The van der Waals surface area contributed by atoms with Gasteiger partial charge in [-0.2, -0.15) is 0 Å². The molecule has 0 saturated heterocycles. The van der Waals surface area contributed by atoms with E-state index in [-0.39, 0.29) is 22.6 Å². The number of fused-ring (bicyclic) bond motifs is 1. The highest BCUT2D eigenvalue weighted by Crippen LogP contribution is 2.36. The van der Waals surface area contributed by atoms with Crippen molar-refractivity contribution >= 4 is 39.8 Å². The van der Waals surface area contributed by atoms with Gasteiger partial charge in [-0.05, 0) is 38.0 Å². The van der Waals surface area contributed by atoms with Gasteiger partial charge in [0.25, 0.3) is 0 Å². The summed E-state index contributed by atoms with van der Waals surface area (Å²) in [7, 11) is 3.17. The number of halogens is 2. The van der Waals surface area contributed by atoms with Crippen LogP contribution in [-0.4, -0.2) is 42.7 Å². The SMILES string of the molecule is CCC[C@H](CC)Oc1cc2ncnc(Nc3cccc(Cl)c3F)c2cc1OC.COCCC(C)=O. The van der Waals surface area contributed by atoms with Crippen molar-refractivity contribution in [2.45, 2.75) is 52.6 Å². The summed E-state index contributed by atoms with van der Waals surface area (Å²) in [6.45, 7) is 6.33. The highest BCUT2D eigenvalue weighted by Gasteiger charge is 2.16. The summed E-state index contributed by atoms with van der Waals surface area (Å²) in [4.78, 5) is 18.7. The van der Waals surface area contributed by atoms with Gasteiger partial charge >= 0.3 is 0 Å². The molecule has 0 spiro atoms. The van der Waals surface area contributed by atoms with Crippen LogP contribution in [0.2, 0.25) is 5.02 Å². The first-order valence-electron chi connectivity index (χ1n) is 11.5. The minimum Gasteiger partial charge on any atom is -0.493 e. The maximum Gasteiger partial charge on any atom is 0.165 e. The van der Waals surface area contributed by atoms with Crippen molar-refractivity contribution < 1.29 is 23.4 Å². The number of hydrogen-bond acceptors (Lipinski definition) is 7. The number of aromatic nitrogens is 2. The standard InChI is InChI=1S/C21H23ClFN3O2.C5H10O2/c1-4-7-13(5-2)28-19-11-17-14(10-18(19)27-3)21(25-12-24-17)26-16-9-6-8-15(22)20(16)23;1-5(6)3-4-7-2/h6,8-13H,4-5,7H2,1-3H3,(H,24,25,26);3-4H2,1-2H3/t13-;/m0./s1. The first-order valence-corrected chi connectivity index (χ1v) is 11.9. The number of anilines is 2. The van der Waals surface area contributed by atoms with Crippen molar-refractivity contribution in [1.82, 2.24) is 9.97 Å². The van der Waals surface area contributed by atoms with Gasteiger partial charge in [-0.1, -0.05) is 37.9 Å². The number of hydrogen-bond donors (Lipinski definition) is 1. The molecule has 0 fully saturated rings. The number of Topliss-reactive ketones (excluding diaryl/α,β-unsaturated/α-hetero) is 1. The smallest absolute Gasteiger partial charge is 0.165 e. The molecule has 1 aromatic heterocycles. The van der Waals surface area contributed by atoms with Gasteiger partial charge in [-0.15, -0.1) is 0 Å². The van der Waals surface area contributed by atoms with Crippen LogP contribution in [0.4, 0.5) is 15.9 Å². The molecule has 0 bridgehead atoms. The number of carbonyl (C=O) groups is 1. The summed E-state index contributed by atoms with van der Waals surface area (Å²) in [5.74, 6) is 1.31. The summed E-state index contributed by atoms with van der Waals surface area (Å²) in [5.41, 5.74) is 0.905. The Morgan fingerprint density at radius 1 is 1.17 bits per heavy atom. The maximum atomic E-state index is 14.3. The molecule has 35 heavy (non-hydrogen) atoms. The molecule has 1 heterocycles. The summed E-state index contributed by atoms with van der Waals surface area (Å²) >= 11 is 5.87. The van der Waals surface area contributed by atoms with Crippen molar-refractivity contribution in [2.24, 2.45) is 0 Å². The topological polar surface area (TPSA) is 82.6 Å². The first kappa shape index (κ1) is 28.3. The summed E-state index contributed by atoms with van der Waals surface area (Å²) in [6, 6.07) is 8.39. The lowest BCUT2D eigenvalue weighted by Gasteiger charge is -2.19. The van der Waals surface area contributed by atoms with Gasteiger partial charge in [0.1, 0.15) is 17.9 Å². The van der Waals surface area contributed by atoms with Crippen LogP contribution in [0.15, 0.2) is 36.7 Å². The Bertz CT molecular complexity index is 1110. The fourth-order valence-corrected chi connectivity index (χ4v) is 3.41. The lowest BCUT2D eigenvalue weighted by molar-refractivity contribution is -0.117. The monoisotopic (exact) mass is 505 g/mol. The van der Waals surface area contributed by atoms with Crippen molar-refractivity contribution in [3.63, 3.8) is 0 Å². The normalized spacial score (nSPS) is 11.4. The number of nitrogens with one attached hydrogen (secondary N) is 1. The minimum atomic E-state index is -0.534. The predicted octanol–water partition coefficient (Wildman–Crippen LogP) is 6.74. The second-order valence-corrected chi connectivity index (χ2v) is 8.26. The summed E-state index contributed by atoms with van der Waals surface area (Å²) in [6.07, 6.45) is 4.97. The fourth-order valence-electron chi connectivity index (χ4n) is 3.24. The molecule has 0 aliphatic heterocycles. The van der Waals surface area contributed by atoms with Crippen molar-refractivity contribution in [2.75, 3.05) is 26.1 Å². The second-order valence-electron chi connectivity index (χ2n) is 7.85. The van der Waals surface area contributed by atoms with E-state index in [2.05, 4.69) is 33.9 Å². The van der Waals surface area contributed by atoms with Gasteiger partial charge in [0, 0.05) is 25.0 Å². The van der Waals surface area contributed by atoms with Crippen molar-refractivity contribution in [1.29, 1.82) is 0 Å². The van der Waals surface area contributed by atoms with E-state index in [0.717, 1.165) is 19.3 Å². The Morgan fingerprint density at radius 3 is 2.54 bits per heavy atom. The van der Waals surface area contributed by atoms with Crippen LogP contribution in [0.1, 0.15) is 46.5 Å². The zero-order valence-electron chi connectivity index (χ0n) is 20.9. The zero-order valence-corrected chi connectivity index (χ0v) is 21.6. The molecule has 9 heteroatoms. The Hall–Kier alpha value is -2.97. The zero-order chi connectivity index (χ0) is 25.8. The number of rotatable bonds is 11. The molecule has 3 aromatic rings. The largest absolute Gasteiger partial charge is 0.493 e. The van der Waals surface area contributed by atoms with Crippen LogP contribution in [0.3, 0.4) is 0 Å². The number of ketones is 1. The molecule has 0 aliphatic carbocycles. The number of methoxy groups -OCH3 is 2. The Morgan fingerprint density at radius 2 is 1.94 bits per heavy atom. The van der Waals surface area contributed by atoms with E-state index in [4.69, 9.17) is 21.1 Å². The molecule has 190 valence electrons. The lowest BCUT2D eigenvalue weighted by Crippen LogP contribution is -2.15. The molecule has 0 saturated carbocycles. The van der Waals surface area contributed by atoms with Crippen molar-refractivity contribution in [3.05, 3.63) is 47.5 Å². The molecule has 2 aromatic carbocycles. The minimum absolute atomic E-state index is 0.0400. The van der Waals surface area contributed by atoms with E-state index in [0.29, 0.717) is 41.2 Å². The van der Waals surface area contributed by atoms with Crippen molar-refractivity contribution in [3.8, 4) is 11.5 Å². The maximum absolute atomic E-state index is 14.3. The molecule has 0 unspecified atom stereocenters. The van der Waals surface area contributed by atoms with Crippen LogP contribution < -0.4 is 14.8 Å². The van der Waals surface area contributed by atoms with Gasteiger partial charge in [-0.3, -0.25) is 4.79 Å². The number of carbonyl (C=O) groups excluding carboxylic acids is 1. The molecular formula is C26H33ClFN3O4. The lowest BCUT2D eigenvalue weighted by atomic mass is 10.1. The van der Waals surface area contributed by atoms with E-state index in [1.807, 2.05) is 6.07 Å². The molecule has 1 atom stereocenters. The van der Waals surface area contributed by atoms with Gasteiger partial charge in [0.15, 0.2) is 17.3 Å². The summed E-state index contributed by atoms with van der Waals surface area (Å²) < 4.78 is 30.6. The molecule has 0 aliphatic rings. The highest BCUT2D eigenvalue weighted by atomic mass is 35.5. The van der Waals surface area contributed by atoms with Gasteiger partial charge < -0.3 is 19.5 Å².